The van der Waals surface area contributed by atoms with Crippen LogP contribution in [0.15, 0.2) is 72.8 Å². The summed E-state index contributed by atoms with van der Waals surface area (Å²) in [6.45, 7) is 0. The summed E-state index contributed by atoms with van der Waals surface area (Å²) in [4.78, 5) is 65.0. The van der Waals surface area contributed by atoms with Gasteiger partial charge in [0.2, 0.25) is 11.8 Å². The third-order valence-electron chi connectivity index (χ3n) is 7.73. The van der Waals surface area contributed by atoms with Crippen molar-refractivity contribution in [3.63, 3.8) is 0 Å². The Hall–Kier alpha value is -5.17. The molecule has 210 valence electrons. The fourth-order valence-electron chi connectivity index (χ4n) is 5.76. The summed E-state index contributed by atoms with van der Waals surface area (Å²) < 4.78 is 0. The highest BCUT2D eigenvalue weighted by atomic mass is 16.6. The predicted octanol–water partition coefficient (Wildman–Crippen LogP) is 3.09. The Morgan fingerprint density at radius 3 is 2.15 bits per heavy atom. The van der Waals surface area contributed by atoms with E-state index in [1.165, 1.54) is 42.5 Å². The molecule has 2 fully saturated rings. The first-order valence-corrected chi connectivity index (χ1v) is 12.6. The molecule has 13 nitrogen and oxygen atoms in total. The smallest absolute Gasteiger partial charge is 0.325 e. The monoisotopic (exact) mass is 559 g/mol. The van der Waals surface area contributed by atoms with E-state index in [1.807, 2.05) is 31.1 Å². The second-order valence-corrected chi connectivity index (χ2v) is 10.3. The lowest BCUT2D eigenvalue weighted by molar-refractivity contribution is -0.385. The highest BCUT2D eigenvalue weighted by molar-refractivity contribution is 6.24. The minimum Gasteiger partial charge on any atom is -0.480 e. The fourth-order valence-corrected chi connectivity index (χ4v) is 5.76. The lowest BCUT2D eigenvalue weighted by Crippen LogP contribution is -2.57. The van der Waals surface area contributed by atoms with E-state index in [-0.39, 0.29) is 23.5 Å². The highest BCUT2D eigenvalue weighted by Crippen LogP contribution is 2.51. The molecule has 41 heavy (non-hydrogen) atoms. The number of amides is 2. The molecule has 0 radical (unpaired) electrons. The number of benzene rings is 3. The minimum absolute atomic E-state index is 0.0278. The molecule has 2 N–H and O–H groups in total. The van der Waals surface area contributed by atoms with E-state index in [0.717, 1.165) is 16.7 Å². The van der Waals surface area contributed by atoms with Gasteiger partial charge < -0.3 is 10.0 Å². The Morgan fingerprint density at radius 2 is 1.59 bits per heavy atom. The topological polar surface area (TPSA) is 176 Å². The summed E-state index contributed by atoms with van der Waals surface area (Å²) in [5, 5.41) is 36.2. The van der Waals surface area contributed by atoms with Crippen molar-refractivity contribution in [3.8, 4) is 0 Å². The van der Waals surface area contributed by atoms with Crippen molar-refractivity contribution in [1.29, 1.82) is 0 Å². The average Bonchev–Trinajstić information content (AvgIpc) is 3.42. The number of nitrogens with zero attached hydrogens (tertiary/aromatic N) is 4. The van der Waals surface area contributed by atoms with E-state index in [1.54, 1.807) is 12.1 Å². The first kappa shape index (κ1) is 27.4. The fraction of sp³-hybridized carbons (Fsp3) is 0.250. The molecular weight excluding hydrogens is 534 g/mol. The quantitative estimate of drug-likeness (QED) is 0.237. The number of carbonyl (C=O) groups is 3. The third-order valence-corrected chi connectivity index (χ3v) is 7.73. The molecule has 2 aliphatic rings. The van der Waals surface area contributed by atoms with Crippen molar-refractivity contribution in [2.45, 2.75) is 18.0 Å². The summed E-state index contributed by atoms with van der Waals surface area (Å²) >= 11 is 0. The lowest BCUT2D eigenvalue weighted by atomic mass is 9.76. The third kappa shape index (κ3) is 4.55. The van der Waals surface area contributed by atoms with Gasteiger partial charge >= 0.3 is 5.97 Å². The number of rotatable bonds is 8. The number of nitro groups is 2. The first-order chi connectivity index (χ1) is 19.4. The number of nitro benzene ring substituents is 2. The van der Waals surface area contributed by atoms with Crippen LogP contribution in [-0.2, 0) is 20.8 Å². The van der Waals surface area contributed by atoms with Gasteiger partial charge in [0, 0.05) is 56.5 Å². The van der Waals surface area contributed by atoms with Crippen LogP contribution in [-0.4, -0.2) is 52.4 Å². The number of aliphatic carboxylic acids is 1. The van der Waals surface area contributed by atoms with Gasteiger partial charge in [-0.2, -0.15) is 0 Å². The molecule has 4 unspecified atom stereocenters. The van der Waals surface area contributed by atoms with Gasteiger partial charge in [-0.25, -0.2) is 4.90 Å². The van der Waals surface area contributed by atoms with Crippen LogP contribution in [0.1, 0.15) is 17.2 Å². The van der Waals surface area contributed by atoms with E-state index < -0.39 is 51.0 Å². The number of anilines is 2. The molecule has 0 aliphatic carbocycles. The van der Waals surface area contributed by atoms with Crippen LogP contribution in [0.3, 0.4) is 0 Å². The van der Waals surface area contributed by atoms with Crippen molar-refractivity contribution >= 4 is 40.5 Å². The van der Waals surface area contributed by atoms with Gasteiger partial charge in [-0.15, -0.1) is 0 Å². The summed E-state index contributed by atoms with van der Waals surface area (Å²) in [5.41, 5.74) is -0.650. The number of carbonyl (C=O) groups excluding carboxylic acids is 2. The molecule has 2 amide bonds. The van der Waals surface area contributed by atoms with Gasteiger partial charge in [-0.3, -0.25) is 39.9 Å². The zero-order valence-electron chi connectivity index (χ0n) is 22.0. The summed E-state index contributed by atoms with van der Waals surface area (Å²) in [7, 11) is 3.71. The number of imide groups is 1. The summed E-state index contributed by atoms with van der Waals surface area (Å²) in [6.07, 6.45) is -0.254. The highest BCUT2D eigenvalue weighted by Gasteiger charge is 2.68. The molecule has 5 rings (SSSR count). The van der Waals surface area contributed by atoms with Crippen LogP contribution in [0.2, 0.25) is 0 Å². The SMILES string of the molecule is CN(C)c1ccc(C2NC(Cc3ccc([N+](=O)[O-])cc3)(C(=O)O)C3C(=O)N(c4cccc([N+](=O)[O-])c4)C(=O)C23)cc1. The van der Waals surface area contributed by atoms with Crippen molar-refractivity contribution < 1.29 is 29.3 Å². The van der Waals surface area contributed by atoms with Gasteiger partial charge in [0.05, 0.1) is 27.4 Å². The van der Waals surface area contributed by atoms with E-state index in [0.29, 0.717) is 11.1 Å². The van der Waals surface area contributed by atoms with Crippen LogP contribution >= 0.6 is 0 Å². The van der Waals surface area contributed by atoms with Crippen LogP contribution in [0, 0.1) is 32.1 Å². The van der Waals surface area contributed by atoms with Gasteiger partial charge in [0.1, 0.15) is 5.54 Å². The van der Waals surface area contributed by atoms with Crippen molar-refractivity contribution in [3.05, 3.63) is 104 Å². The molecule has 0 saturated carbocycles. The van der Waals surface area contributed by atoms with Crippen LogP contribution < -0.4 is 15.1 Å². The van der Waals surface area contributed by atoms with E-state index in [9.17, 15) is 39.7 Å². The van der Waals surface area contributed by atoms with E-state index in [2.05, 4.69) is 5.32 Å². The number of hydrogen-bond donors (Lipinski definition) is 2. The van der Waals surface area contributed by atoms with Gasteiger partial charge in [0.25, 0.3) is 11.4 Å². The largest absolute Gasteiger partial charge is 0.480 e. The number of nitrogens with one attached hydrogen (secondary N) is 1. The predicted molar refractivity (Wildman–Crippen MR) is 146 cm³/mol. The van der Waals surface area contributed by atoms with Crippen LogP contribution in [0.5, 0.6) is 0 Å². The number of hydrogen-bond acceptors (Lipinski definition) is 9. The first-order valence-electron chi connectivity index (χ1n) is 12.6. The van der Waals surface area contributed by atoms with Crippen molar-refractivity contribution in [1.82, 2.24) is 5.32 Å². The van der Waals surface area contributed by atoms with Gasteiger partial charge in [-0.1, -0.05) is 30.3 Å². The molecule has 4 atom stereocenters. The maximum atomic E-state index is 14.0. The second-order valence-electron chi connectivity index (χ2n) is 10.3. The molecule has 0 aromatic heterocycles. The van der Waals surface area contributed by atoms with Gasteiger partial charge in [-0.05, 0) is 29.3 Å². The molecule has 13 heteroatoms. The Kier molecular flexibility index (Phi) is 6.75. The molecule has 2 saturated heterocycles. The van der Waals surface area contributed by atoms with Gasteiger partial charge in [0.15, 0.2) is 0 Å². The van der Waals surface area contributed by atoms with E-state index >= 15 is 0 Å². The summed E-state index contributed by atoms with van der Waals surface area (Å²) in [6, 6.07) is 16.6. The number of carboxylic acid groups (broad SMARTS) is 1. The van der Waals surface area contributed by atoms with Crippen molar-refractivity contribution in [2.24, 2.45) is 11.8 Å². The van der Waals surface area contributed by atoms with Crippen molar-refractivity contribution in [2.75, 3.05) is 23.9 Å². The molecule has 0 spiro atoms. The Bertz CT molecular complexity index is 1570. The second kappa shape index (κ2) is 10.1. The molecule has 3 aromatic carbocycles. The molecule has 2 heterocycles. The van der Waals surface area contributed by atoms with Crippen LogP contribution in [0.25, 0.3) is 0 Å². The Morgan fingerprint density at radius 1 is 0.951 bits per heavy atom. The molecular formula is C28H25N5O8. The van der Waals surface area contributed by atoms with Crippen LogP contribution in [0.4, 0.5) is 22.7 Å². The maximum absolute atomic E-state index is 14.0. The molecule has 0 bridgehead atoms. The number of fused-ring (bicyclic) bond motifs is 1. The Labute approximate surface area is 233 Å². The Balaban J connectivity index is 1.63. The maximum Gasteiger partial charge on any atom is 0.325 e. The zero-order chi connectivity index (χ0) is 29.6. The average molecular weight is 560 g/mol. The lowest BCUT2D eigenvalue weighted by Gasteiger charge is -2.31. The molecule has 3 aromatic rings. The molecule has 2 aliphatic heterocycles. The standard InChI is InChI=1S/C28H25N5O8/c1-30(2)18-12-8-17(9-13-18)24-22-23(26(35)31(25(22)34)20-4-3-5-21(14-20)33(40)41)28(29-24,27(36)37)15-16-6-10-19(11-7-16)32(38)39/h3-14,22-24,29H,15H2,1-2H3,(H,36,37). The normalized spacial score (nSPS) is 23.4. The zero-order valence-corrected chi connectivity index (χ0v) is 22.0. The minimum atomic E-state index is -1.96. The number of non-ortho nitro benzene ring substituents is 2. The number of carboxylic acids is 1. The van der Waals surface area contributed by atoms with E-state index in [4.69, 9.17) is 0 Å². The summed E-state index contributed by atoms with van der Waals surface area (Å²) in [5.74, 6) is -5.37.